The highest BCUT2D eigenvalue weighted by Crippen LogP contribution is 2.20. The van der Waals surface area contributed by atoms with Gasteiger partial charge in [-0.15, -0.1) is 0 Å². The Morgan fingerprint density at radius 2 is 1.85 bits per heavy atom. The maximum atomic E-state index is 12.3. The molecule has 0 aliphatic carbocycles. The molecule has 1 aromatic heterocycles. The van der Waals surface area contributed by atoms with E-state index in [1.54, 1.807) is 0 Å². The van der Waals surface area contributed by atoms with Gasteiger partial charge in [0.15, 0.2) is 5.16 Å². The molecule has 0 saturated carbocycles. The molecule has 3 aromatic rings. The maximum Gasteiger partial charge on any atom is 0.253 e. The standard InChI is InChI=1S/C19H18N4O2S/c20-16-11-17(24)23-19(22-16)26-12-18(25)21-15-9-5-4-8-14(15)10-13-6-2-1-3-7-13/h1-9,11H,10,12H2,(H,21,25)(H3,20,22,23,24). The average Bonchev–Trinajstić information content (AvgIpc) is 2.62. The van der Waals surface area contributed by atoms with Crippen molar-refractivity contribution in [2.45, 2.75) is 11.6 Å². The van der Waals surface area contributed by atoms with Gasteiger partial charge in [-0.25, -0.2) is 4.98 Å². The van der Waals surface area contributed by atoms with Crippen LogP contribution in [0.25, 0.3) is 0 Å². The third kappa shape index (κ3) is 4.97. The van der Waals surface area contributed by atoms with E-state index in [-0.39, 0.29) is 23.0 Å². The molecule has 26 heavy (non-hydrogen) atoms. The van der Waals surface area contributed by atoms with E-state index in [9.17, 15) is 9.59 Å². The van der Waals surface area contributed by atoms with Crippen LogP contribution in [0.3, 0.4) is 0 Å². The van der Waals surface area contributed by atoms with E-state index in [0.717, 1.165) is 29.4 Å². The maximum absolute atomic E-state index is 12.3. The molecule has 1 amide bonds. The topological polar surface area (TPSA) is 101 Å². The Morgan fingerprint density at radius 1 is 1.12 bits per heavy atom. The number of carbonyl (C=O) groups is 1. The number of amides is 1. The van der Waals surface area contributed by atoms with Crippen LogP contribution in [0.5, 0.6) is 0 Å². The van der Waals surface area contributed by atoms with E-state index in [1.807, 2.05) is 42.5 Å². The molecule has 0 radical (unpaired) electrons. The summed E-state index contributed by atoms with van der Waals surface area (Å²) >= 11 is 1.13. The quantitative estimate of drug-likeness (QED) is 0.460. The molecule has 0 atom stereocenters. The number of nitrogens with two attached hydrogens (primary N) is 1. The molecule has 2 aromatic carbocycles. The third-order valence-corrected chi connectivity index (χ3v) is 4.48. The lowest BCUT2D eigenvalue weighted by atomic mass is 10.0. The summed E-state index contributed by atoms with van der Waals surface area (Å²) in [5.74, 6) is 0.0666. The Bertz CT molecular complexity index is 957. The molecule has 0 fully saturated rings. The number of nitrogens with zero attached hydrogens (tertiary/aromatic N) is 1. The highest BCUT2D eigenvalue weighted by molar-refractivity contribution is 7.99. The van der Waals surface area contributed by atoms with Gasteiger partial charge in [0, 0.05) is 11.8 Å². The van der Waals surface area contributed by atoms with Crippen LogP contribution in [0.2, 0.25) is 0 Å². The summed E-state index contributed by atoms with van der Waals surface area (Å²) in [6.07, 6.45) is 0.731. The predicted octanol–water partition coefficient (Wildman–Crippen LogP) is 2.67. The molecule has 3 rings (SSSR count). The Morgan fingerprint density at radius 3 is 2.62 bits per heavy atom. The minimum absolute atomic E-state index is 0.117. The summed E-state index contributed by atoms with van der Waals surface area (Å²) in [6.45, 7) is 0. The number of hydrogen-bond donors (Lipinski definition) is 3. The lowest BCUT2D eigenvalue weighted by Gasteiger charge is -2.11. The second kappa shape index (κ2) is 8.35. The van der Waals surface area contributed by atoms with Gasteiger partial charge in [0.1, 0.15) is 5.82 Å². The van der Waals surface area contributed by atoms with Crippen molar-refractivity contribution < 1.29 is 4.79 Å². The van der Waals surface area contributed by atoms with E-state index in [2.05, 4.69) is 27.4 Å². The van der Waals surface area contributed by atoms with Crippen LogP contribution in [0.15, 0.2) is 70.6 Å². The van der Waals surface area contributed by atoms with Crippen molar-refractivity contribution in [2.24, 2.45) is 0 Å². The lowest BCUT2D eigenvalue weighted by Crippen LogP contribution is -2.16. The SMILES string of the molecule is Nc1cc(=O)[nH]c(SCC(=O)Nc2ccccc2Cc2ccccc2)n1. The average molecular weight is 366 g/mol. The van der Waals surface area contributed by atoms with E-state index in [1.165, 1.54) is 11.6 Å². The van der Waals surface area contributed by atoms with Crippen molar-refractivity contribution in [1.29, 1.82) is 0 Å². The predicted molar refractivity (Wildman–Crippen MR) is 104 cm³/mol. The highest BCUT2D eigenvalue weighted by Gasteiger charge is 2.09. The number of nitrogen functional groups attached to an aromatic ring is 1. The number of rotatable bonds is 6. The zero-order valence-electron chi connectivity index (χ0n) is 13.9. The molecular formula is C19H18N4O2S. The second-order valence-electron chi connectivity index (χ2n) is 5.63. The van der Waals surface area contributed by atoms with Gasteiger partial charge in [0.05, 0.1) is 5.75 Å². The smallest absolute Gasteiger partial charge is 0.253 e. The molecule has 6 nitrogen and oxygen atoms in total. The van der Waals surface area contributed by atoms with Gasteiger partial charge in [-0.1, -0.05) is 60.3 Å². The summed E-state index contributed by atoms with van der Waals surface area (Å²) in [4.78, 5) is 30.2. The first-order chi connectivity index (χ1) is 12.6. The number of H-pyrrole nitrogens is 1. The molecule has 0 spiro atoms. The van der Waals surface area contributed by atoms with Crippen LogP contribution >= 0.6 is 11.8 Å². The first-order valence-corrected chi connectivity index (χ1v) is 9.00. The fourth-order valence-electron chi connectivity index (χ4n) is 2.45. The fourth-order valence-corrected chi connectivity index (χ4v) is 3.14. The zero-order valence-corrected chi connectivity index (χ0v) is 14.8. The minimum atomic E-state index is -0.339. The van der Waals surface area contributed by atoms with Crippen LogP contribution in [0, 0.1) is 0 Å². The largest absolute Gasteiger partial charge is 0.383 e. The van der Waals surface area contributed by atoms with Gasteiger partial charge in [-0.05, 0) is 23.6 Å². The number of carbonyl (C=O) groups excluding carboxylic acids is 1. The molecular weight excluding hydrogens is 348 g/mol. The van der Waals surface area contributed by atoms with Crippen LogP contribution in [0.1, 0.15) is 11.1 Å². The van der Waals surface area contributed by atoms with Gasteiger partial charge in [-0.2, -0.15) is 0 Å². The van der Waals surface area contributed by atoms with Gasteiger partial charge >= 0.3 is 0 Å². The van der Waals surface area contributed by atoms with Crippen LogP contribution < -0.4 is 16.6 Å². The third-order valence-electron chi connectivity index (χ3n) is 3.61. The molecule has 132 valence electrons. The summed E-state index contributed by atoms with van der Waals surface area (Å²) < 4.78 is 0. The van der Waals surface area contributed by atoms with E-state index >= 15 is 0 Å². The van der Waals surface area contributed by atoms with Crippen molar-refractivity contribution in [2.75, 3.05) is 16.8 Å². The number of aromatic nitrogens is 2. The van der Waals surface area contributed by atoms with Gasteiger partial charge in [0.2, 0.25) is 5.91 Å². The van der Waals surface area contributed by atoms with Gasteiger partial charge in [0.25, 0.3) is 5.56 Å². The first-order valence-electron chi connectivity index (χ1n) is 8.01. The molecule has 0 aliphatic heterocycles. The first kappa shape index (κ1) is 17.8. The number of nitrogens with one attached hydrogen (secondary N) is 2. The van der Waals surface area contributed by atoms with Gasteiger partial charge in [-0.3, -0.25) is 9.59 Å². The number of thioether (sulfide) groups is 1. The highest BCUT2D eigenvalue weighted by atomic mass is 32.2. The molecule has 7 heteroatoms. The van der Waals surface area contributed by atoms with Crippen molar-refractivity contribution in [1.82, 2.24) is 9.97 Å². The van der Waals surface area contributed by atoms with Crippen molar-refractivity contribution in [3.8, 4) is 0 Å². The number of hydrogen-bond acceptors (Lipinski definition) is 5. The Balaban J connectivity index is 1.65. The molecule has 0 unspecified atom stereocenters. The van der Waals surface area contributed by atoms with Crippen LogP contribution in [-0.2, 0) is 11.2 Å². The van der Waals surface area contributed by atoms with Gasteiger partial charge < -0.3 is 16.0 Å². The summed E-state index contributed by atoms with van der Waals surface area (Å²) in [5, 5.41) is 3.24. The number of para-hydroxylation sites is 1. The Labute approximate surface area is 154 Å². The van der Waals surface area contributed by atoms with Crippen LogP contribution in [-0.4, -0.2) is 21.6 Å². The minimum Gasteiger partial charge on any atom is -0.383 e. The molecule has 0 aliphatic rings. The fraction of sp³-hybridized carbons (Fsp3) is 0.105. The Kier molecular flexibility index (Phi) is 5.70. The van der Waals surface area contributed by atoms with E-state index in [4.69, 9.17) is 5.73 Å². The van der Waals surface area contributed by atoms with Crippen molar-refractivity contribution >= 4 is 29.2 Å². The zero-order chi connectivity index (χ0) is 18.4. The molecule has 1 heterocycles. The molecule has 0 saturated heterocycles. The van der Waals surface area contributed by atoms with Crippen LogP contribution in [0.4, 0.5) is 11.5 Å². The van der Waals surface area contributed by atoms with Crippen molar-refractivity contribution in [3.63, 3.8) is 0 Å². The summed E-state index contributed by atoms with van der Waals surface area (Å²) in [5.41, 5.74) is 8.18. The second-order valence-corrected chi connectivity index (χ2v) is 6.60. The number of anilines is 2. The molecule has 0 bridgehead atoms. The summed E-state index contributed by atoms with van der Waals surface area (Å²) in [6, 6.07) is 19.0. The number of benzene rings is 2. The van der Waals surface area contributed by atoms with Crippen molar-refractivity contribution in [3.05, 3.63) is 82.1 Å². The van der Waals surface area contributed by atoms with E-state index < -0.39 is 0 Å². The van der Waals surface area contributed by atoms with E-state index in [0.29, 0.717) is 5.16 Å². The normalized spacial score (nSPS) is 10.5. The summed E-state index contributed by atoms with van der Waals surface area (Å²) in [7, 11) is 0. The lowest BCUT2D eigenvalue weighted by molar-refractivity contribution is -0.113. The number of aromatic amines is 1. The monoisotopic (exact) mass is 366 g/mol. The Hall–Kier alpha value is -3.06. The molecule has 4 N–H and O–H groups in total.